The zero-order chi connectivity index (χ0) is 19.7. The summed E-state index contributed by atoms with van der Waals surface area (Å²) in [6, 6.07) is 0. The number of hydrogen-bond donors (Lipinski definition) is 7. The largest absolute Gasteiger partial charge is 0.390 e. The maximum absolute atomic E-state index is 10.7. The summed E-state index contributed by atoms with van der Waals surface area (Å²) in [4.78, 5) is 4.77. The Hall–Kier alpha value is -0.360. The molecule has 0 aliphatic carbocycles. The lowest BCUT2D eigenvalue weighted by molar-refractivity contribution is 0.0744. The van der Waals surface area contributed by atoms with Gasteiger partial charge in [-0.25, -0.2) is 0 Å². The standard InChI is InChI=1S/C19H44N8O/c28-19(17-26-13-9-22-5-1-20-2-6-23-10-14-26)18-27-15-11-24-7-3-21-4-8-25-12-16-27/h19-25,28H,1-18H2. The molecule has 0 aromatic heterocycles. The maximum Gasteiger partial charge on any atom is 0.0793 e. The number of β-amino-alcohol motifs (C(OH)–C–C–N with tert-alkyl or cyclic N) is 1. The number of rotatable bonds is 4. The van der Waals surface area contributed by atoms with Gasteiger partial charge >= 0.3 is 0 Å². The van der Waals surface area contributed by atoms with Crippen molar-refractivity contribution in [1.82, 2.24) is 41.7 Å². The highest BCUT2D eigenvalue weighted by Crippen LogP contribution is 1.97. The van der Waals surface area contributed by atoms with Crippen LogP contribution in [0.4, 0.5) is 0 Å². The summed E-state index contributed by atoms with van der Waals surface area (Å²) in [6.07, 6.45) is -0.316. The van der Waals surface area contributed by atoms with Crippen molar-refractivity contribution in [3.63, 3.8) is 0 Å². The quantitative estimate of drug-likeness (QED) is 0.259. The molecule has 7 N–H and O–H groups in total. The van der Waals surface area contributed by atoms with Crippen LogP contribution < -0.4 is 31.9 Å². The van der Waals surface area contributed by atoms with Crippen molar-refractivity contribution in [1.29, 1.82) is 0 Å². The van der Waals surface area contributed by atoms with E-state index < -0.39 is 0 Å². The minimum absolute atomic E-state index is 0.316. The number of aliphatic hydroxyl groups is 1. The molecule has 0 unspecified atom stereocenters. The summed E-state index contributed by atoms with van der Waals surface area (Å²) in [5, 5.41) is 31.5. The smallest absolute Gasteiger partial charge is 0.0793 e. The van der Waals surface area contributed by atoms with Gasteiger partial charge < -0.3 is 37.0 Å². The van der Waals surface area contributed by atoms with Crippen LogP contribution in [-0.4, -0.2) is 139 Å². The molecule has 28 heavy (non-hydrogen) atoms. The maximum atomic E-state index is 10.7. The molecule has 0 amide bonds. The van der Waals surface area contributed by atoms with E-state index in [0.717, 1.165) is 118 Å². The Labute approximate surface area is 171 Å². The van der Waals surface area contributed by atoms with Gasteiger partial charge in [-0.3, -0.25) is 9.80 Å². The molecule has 0 bridgehead atoms. The Balaban J connectivity index is 1.72. The van der Waals surface area contributed by atoms with Gasteiger partial charge in [0.05, 0.1) is 6.10 Å². The first-order valence-corrected chi connectivity index (χ1v) is 11.2. The van der Waals surface area contributed by atoms with E-state index in [2.05, 4.69) is 41.7 Å². The van der Waals surface area contributed by atoms with Crippen LogP contribution in [0.5, 0.6) is 0 Å². The Morgan fingerprint density at radius 2 is 0.714 bits per heavy atom. The number of nitrogens with one attached hydrogen (secondary N) is 6. The first-order chi connectivity index (χ1) is 13.8. The Bertz CT molecular complexity index is 307. The van der Waals surface area contributed by atoms with E-state index in [4.69, 9.17) is 0 Å². The van der Waals surface area contributed by atoms with Crippen LogP contribution in [0.1, 0.15) is 0 Å². The average Bonchev–Trinajstić information content (AvgIpc) is 2.66. The van der Waals surface area contributed by atoms with Crippen LogP contribution in [0.25, 0.3) is 0 Å². The van der Waals surface area contributed by atoms with Gasteiger partial charge in [0, 0.05) is 118 Å². The van der Waals surface area contributed by atoms with E-state index in [-0.39, 0.29) is 6.10 Å². The second-order valence-electron chi connectivity index (χ2n) is 7.76. The molecular weight excluding hydrogens is 356 g/mol. The zero-order valence-electron chi connectivity index (χ0n) is 17.6. The first kappa shape index (κ1) is 23.9. The Morgan fingerprint density at radius 1 is 0.464 bits per heavy atom. The highest BCUT2D eigenvalue weighted by Gasteiger charge is 2.16. The predicted molar refractivity (Wildman–Crippen MR) is 116 cm³/mol. The minimum Gasteiger partial charge on any atom is -0.390 e. The van der Waals surface area contributed by atoms with Gasteiger partial charge in [0.25, 0.3) is 0 Å². The van der Waals surface area contributed by atoms with Crippen molar-refractivity contribution in [3.05, 3.63) is 0 Å². The molecule has 2 fully saturated rings. The SMILES string of the molecule is OC(CN1CCNCCNCCNCC1)CN1CCNCCNCCNCC1. The molecule has 0 atom stereocenters. The third-order valence-corrected chi connectivity index (χ3v) is 5.27. The van der Waals surface area contributed by atoms with Gasteiger partial charge in [-0.2, -0.15) is 0 Å². The summed E-state index contributed by atoms with van der Waals surface area (Å²) in [5.74, 6) is 0. The normalized spacial score (nSPS) is 24.6. The molecule has 2 aliphatic heterocycles. The third-order valence-electron chi connectivity index (χ3n) is 5.27. The van der Waals surface area contributed by atoms with Crippen molar-refractivity contribution in [2.75, 3.05) is 118 Å². The van der Waals surface area contributed by atoms with Crippen LogP contribution in [0.15, 0.2) is 0 Å². The van der Waals surface area contributed by atoms with Crippen LogP contribution in [0.2, 0.25) is 0 Å². The monoisotopic (exact) mass is 400 g/mol. The molecule has 166 valence electrons. The fraction of sp³-hybridized carbons (Fsp3) is 1.00. The van der Waals surface area contributed by atoms with Gasteiger partial charge in [-0.1, -0.05) is 0 Å². The molecule has 0 aromatic carbocycles. The van der Waals surface area contributed by atoms with E-state index in [1.807, 2.05) is 0 Å². The lowest BCUT2D eigenvalue weighted by Gasteiger charge is -2.30. The van der Waals surface area contributed by atoms with Crippen molar-refractivity contribution in [3.8, 4) is 0 Å². The van der Waals surface area contributed by atoms with Crippen molar-refractivity contribution < 1.29 is 5.11 Å². The zero-order valence-corrected chi connectivity index (χ0v) is 17.6. The van der Waals surface area contributed by atoms with Gasteiger partial charge in [0.15, 0.2) is 0 Å². The molecule has 0 radical (unpaired) electrons. The van der Waals surface area contributed by atoms with Gasteiger partial charge in [-0.15, -0.1) is 0 Å². The molecule has 2 saturated heterocycles. The Morgan fingerprint density at radius 3 is 1.00 bits per heavy atom. The van der Waals surface area contributed by atoms with Crippen LogP contribution in [0.3, 0.4) is 0 Å². The van der Waals surface area contributed by atoms with Crippen molar-refractivity contribution >= 4 is 0 Å². The molecule has 2 heterocycles. The summed E-state index contributed by atoms with van der Waals surface area (Å²) >= 11 is 0. The molecule has 9 nitrogen and oxygen atoms in total. The van der Waals surface area contributed by atoms with E-state index in [9.17, 15) is 5.11 Å². The molecule has 0 saturated carbocycles. The second-order valence-corrected chi connectivity index (χ2v) is 7.76. The van der Waals surface area contributed by atoms with Crippen LogP contribution in [0, 0.1) is 0 Å². The third kappa shape index (κ3) is 12.3. The van der Waals surface area contributed by atoms with E-state index in [1.54, 1.807) is 0 Å². The van der Waals surface area contributed by atoms with E-state index in [1.165, 1.54) is 0 Å². The van der Waals surface area contributed by atoms with E-state index in [0.29, 0.717) is 0 Å². The van der Waals surface area contributed by atoms with Gasteiger partial charge in [0.1, 0.15) is 0 Å². The molecule has 2 aliphatic rings. The summed E-state index contributed by atoms with van der Waals surface area (Å²) in [5.41, 5.74) is 0. The predicted octanol–water partition coefficient (Wildman–Crippen LogP) is -3.48. The van der Waals surface area contributed by atoms with Gasteiger partial charge in [-0.05, 0) is 0 Å². The number of hydrogen-bond acceptors (Lipinski definition) is 9. The molecule has 0 aromatic rings. The Kier molecular flexibility index (Phi) is 14.0. The summed E-state index contributed by atoms with van der Waals surface area (Å²) in [7, 11) is 0. The van der Waals surface area contributed by atoms with Crippen LogP contribution >= 0.6 is 0 Å². The topological polar surface area (TPSA) is 98.9 Å². The minimum atomic E-state index is -0.316. The highest BCUT2D eigenvalue weighted by atomic mass is 16.3. The van der Waals surface area contributed by atoms with Crippen LogP contribution in [-0.2, 0) is 0 Å². The molecule has 2 rings (SSSR count). The van der Waals surface area contributed by atoms with Crippen molar-refractivity contribution in [2.45, 2.75) is 6.10 Å². The summed E-state index contributed by atoms with van der Waals surface area (Å²) < 4.78 is 0. The molecular formula is C19H44N8O. The fourth-order valence-corrected chi connectivity index (χ4v) is 3.65. The summed E-state index contributed by atoms with van der Waals surface area (Å²) in [6.45, 7) is 17.3. The highest BCUT2D eigenvalue weighted by molar-refractivity contribution is 4.73. The first-order valence-electron chi connectivity index (χ1n) is 11.2. The van der Waals surface area contributed by atoms with Crippen molar-refractivity contribution in [2.24, 2.45) is 0 Å². The lowest BCUT2D eigenvalue weighted by atomic mass is 10.2. The average molecular weight is 401 g/mol. The second kappa shape index (κ2) is 16.4. The lowest BCUT2D eigenvalue weighted by Crippen LogP contribution is -2.48. The fourth-order valence-electron chi connectivity index (χ4n) is 3.65. The molecule has 0 spiro atoms. The molecule has 9 heteroatoms. The number of aliphatic hydroxyl groups excluding tert-OH is 1. The van der Waals surface area contributed by atoms with E-state index >= 15 is 0 Å². The van der Waals surface area contributed by atoms with Gasteiger partial charge in [0.2, 0.25) is 0 Å². The number of nitrogens with zero attached hydrogens (tertiary/aromatic N) is 2.